The fraction of sp³-hybridized carbons (Fsp3) is 0.800. The van der Waals surface area contributed by atoms with Gasteiger partial charge in [0, 0.05) is 0 Å². The molecule has 0 aromatic carbocycles. The van der Waals surface area contributed by atoms with Gasteiger partial charge in [-0.2, -0.15) is 0 Å². The molecule has 1 aliphatic rings. The minimum Gasteiger partial charge on any atom is -0.393 e. The number of aliphatic hydroxyl groups excluding tert-OH is 1. The van der Waals surface area contributed by atoms with Gasteiger partial charge < -0.3 is 5.11 Å². The summed E-state index contributed by atoms with van der Waals surface area (Å²) in [7, 11) is 0. The lowest BCUT2D eigenvalue weighted by Gasteiger charge is -2.28. The smallest absolute Gasteiger partial charge is 0.0545 e. The van der Waals surface area contributed by atoms with Crippen LogP contribution in [0.15, 0.2) is 11.6 Å². The summed E-state index contributed by atoms with van der Waals surface area (Å²) in [5.74, 6) is 1.04. The Kier molecular flexibility index (Phi) is 2.72. The molecular formula is C10H18O. The van der Waals surface area contributed by atoms with Gasteiger partial charge in [0.05, 0.1) is 6.10 Å². The Bertz CT molecular complexity index is 158. The van der Waals surface area contributed by atoms with E-state index in [1.54, 1.807) is 0 Å². The number of rotatable bonds is 1. The molecule has 0 bridgehead atoms. The average Bonchev–Trinajstić information content (AvgIpc) is 1.85. The summed E-state index contributed by atoms with van der Waals surface area (Å²) >= 11 is 0. The molecule has 0 saturated heterocycles. The second-order valence-electron chi connectivity index (χ2n) is 3.82. The van der Waals surface area contributed by atoms with E-state index in [1.807, 2.05) is 6.92 Å². The van der Waals surface area contributed by atoms with Crippen molar-refractivity contribution in [2.75, 3.05) is 0 Å². The Balaban J connectivity index is 2.60. The van der Waals surface area contributed by atoms with Crippen molar-refractivity contribution in [2.24, 2.45) is 11.8 Å². The summed E-state index contributed by atoms with van der Waals surface area (Å²) in [5.41, 5.74) is 1.48. The molecule has 0 radical (unpaired) electrons. The zero-order valence-corrected chi connectivity index (χ0v) is 7.67. The topological polar surface area (TPSA) is 20.2 Å². The Morgan fingerprint density at radius 1 is 1.64 bits per heavy atom. The van der Waals surface area contributed by atoms with Crippen LogP contribution in [0.2, 0.25) is 0 Å². The van der Waals surface area contributed by atoms with Gasteiger partial charge >= 0.3 is 0 Å². The van der Waals surface area contributed by atoms with E-state index in [0.29, 0.717) is 11.8 Å². The molecule has 0 heterocycles. The van der Waals surface area contributed by atoms with Crippen LogP contribution in [0.5, 0.6) is 0 Å². The first-order valence-corrected chi connectivity index (χ1v) is 4.46. The van der Waals surface area contributed by atoms with Crippen molar-refractivity contribution >= 4 is 0 Å². The van der Waals surface area contributed by atoms with Crippen LogP contribution < -0.4 is 0 Å². The molecule has 0 aromatic rings. The quantitative estimate of drug-likeness (QED) is 0.575. The highest BCUT2D eigenvalue weighted by atomic mass is 16.3. The molecule has 1 aliphatic carbocycles. The largest absolute Gasteiger partial charge is 0.393 e. The minimum atomic E-state index is -0.144. The summed E-state index contributed by atoms with van der Waals surface area (Å²) in [6, 6.07) is 0. The van der Waals surface area contributed by atoms with E-state index < -0.39 is 0 Å². The van der Waals surface area contributed by atoms with Crippen LogP contribution in [0, 0.1) is 11.8 Å². The van der Waals surface area contributed by atoms with Crippen molar-refractivity contribution in [3.8, 4) is 0 Å². The Morgan fingerprint density at radius 3 is 2.73 bits per heavy atom. The van der Waals surface area contributed by atoms with E-state index in [2.05, 4.69) is 19.9 Å². The van der Waals surface area contributed by atoms with Crippen LogP contribution in [-0.2, 0) is 0 Å². The minimum absolute atomic E-state index is 0.144. The Morgan fingerprint density at radius 2 is 2.27 bits per heavy atom. The van der Waals surface area contributed by atoms with Crippen molar-refractivity contribution in [1.82, 2.24) is 0 Å². The van der Waals surface area contributed by atoms with E-state index >= 15 is 0 Å². The molecule has 1 nitrogen and oxygen atoms in total. The first-order valence-electron chi connectivity index (χ1n) is 4.46. The number of hydrogen-bond donors (Lipinski definition) is 1. The van der Waals surface area contributed by atoms with Crippen molar-refractivity contribution in [1.29, 1.82) is 0 Å². The zero-order valence-electron chi connectivity index (χ0n) is 7.67. The molecule has 1 rings (SSSR count). The molecule has 1 heteroatoms. The fourth-order valence-corrected chi connectivity index (χ4v) is 1.99. The van der Waals surface area contributed by atoms with Crippen molar-refractivity contribution < 1.29 is 5.11 Å². The van der Waals surface area contributed by atoms with Gasteiger partial charge in [0.15, 0.2) is 0 Å². The molecule has 0 saturated carbocycles. The molecule has 3 unspecified atom stereocenters. The highest BCUT2D eigenvalue weighted by molar-refractivity contribution is 5.06. The van der Waals surface area contributed by atoms with Crippen molar-refractivity contribution in [2.45, 2.75) is 39.7 Å². The van der Waals surface area contributed by atoms with Gasteiger partial charge in [-0.3, -0.25) is 0 Å². The second-order valence-corrected chi connectivity index (χ2v) is 3.82. The van der Waals surface area contributed by atoms with Crippen LogP contribution in [0.1, 0.15) is 33.6 Å². The second kappa shape index (κ2) is 3.40. The summed E-state index contributed by atoms with van der Waals surface area (Å²) in [6.45, 7) is 6.27. The molecule has 0 aromatic heterocycles. The van der Waals surface area contributed by atoms with Gasteiger partial charge in [-0.1, -0.05) is 18.6 Å². The summed E-state index contributed by atoms with van der Waals surface area (Å²) in [4.78, 5) is 0. The van der Waals surface area contributed by atoms with Gasteiger partial charge in [-0.25, -0.2) is 0 Å². The lowest BCUT2D eigenvalue weighted by atomic mass is 9.79. The maximum absolute atomic E-state index is 9.40. The fourth-order valence-electron chi connectivity index (χ4n) is 1.99. The SMILES string of the molecule is CC1=CC(C)C(C(C)O)CC1. The first kappa shape index (κ1) is 8.79. The molecule has 0 amide bonds. The highest BCUT2D eigenvalue weighted by Gasteiger charge is 2.23. The van der Waals surface area contributed by atoms with Crippen molar-refractivity contribution in [3.05, 3.63) is 11.6 Å². The van der Waals surface area contributed by atoms with Crippen LogP contribution in [-0.4, -0.2) is 11.2 Å². The summed E-state index contributed by atoms with van der Waals surface area (Å²) in [6.07, 6.45) is 4.47. The van der Waals surface area contributed by atoms with Gasteiger partial charge in [-0.05, 0) is 38.5 Å². The maximum Gasteiger partial charge on any atom is 0.0545 e. The molecule has 0 fully saturated rings. The van der Waals surface area contributed by atoms with E-state index in [1.165, 1.54) is 12.0 Å². The van der Waals surface area contributed by atoms with E-state index in [4.69, 9.17) is 0 Å². The lowest BCUT2D eigenvalue weighted by molar-refractivity contribution is 0.0954. The number of allylic oxidation sites excluding steroid dienone is 2. The maximum atomic E-state index is 9.40. The van der Waals surface area contributed by atoms with Gasteiger partial charge in [-0.15, -0.1) is 0 Å². The molecule has 3 atom stereocenters. The third kappa shape index (κ3) is 2.06. The zero-order chi connectivity index (χ0) is 8.43. The lowest BCUT2D eigenvalue weighted by Crippen LogP contribution is -2.25. The Hall–Kier alpha value is -0.300. The molecule has 1 N–H and O–H groups in total. The first-order chi connectivity index (χ1) is 5.11. The van der Waals surface area contributed by atoms with Crippen LogP contribution in [0.25, 0.3) is 0 Å². The van der Waals surface area contributed by atoms with Crippen molar-refractivity contribution in [3.63, 3.8) is 0 Å². The highest BCUT2D eigenvalue weighted by Crippen LogP contribution is 2.30. The summed E-state index contributed by atoms with van der Waals surface area (Å²) < 4.78 is 0. The third-order valence-electron chi connectivity index (χ3n) is 2.71. The third-order valence-corrected chi connectivity index (χ3v) is 2.71. The van der Waals surface area contributed by atoms with Crippen LogP contribution in [0.4, 0.5) is 0 Å². The Labute approximate surface area is 69.1 Å². The van der Waals surface area contributed by atoms with Crippen LogP contribution >= 0.6 is 0 Å². The average molecular weight is 154 g/mol. The molecular weight excluding hydrogens is 136 g/mol. The standard InChI is InChI=1S/C10H18O/c1-7-4-5-10(9(3)11)8(2)6-7/h6,8-11H,4-5H2,1-3H3. The monoisotopic (exact) mass is 154 g/mol. The van der Waals surface area contributed by atoms with Crippen LogP contribution in [0.3, 0.4) is 0 Å². The van der Waals surface area contributed by atoms with E-state index in [9.17, 15) is 5.11 Å². The predicted molar refractivity (Wildman–Crippen MR) is 47.3 cm³/mol. The summed E-state index contributed by atoms with van der Waals surface area (Å²) in [5, 5.41) is 9.40. The normalized spacial score (nSPS) is 34.7. The van der Waals surface area contributed by atoms with Gasteiger partial charge in [0.2, 0.25) is 0 Å². The predicted octanol–water partition coefficient (Wildman–Crippen LogP) is 2.36. The number of aliphatic hydroxyl groups is 1. The van der Waals surface area contributed by atoms with E-state index in [0.717, 1.165) is 6.42 Å². The molecule has 0 spiro atoms. The van der Waals surface area contributed by atoms with Gasteiger partial charge in [0.1, 0.15) is 0 Å². The number of hydrogen-bond acceptors (Lipinski definition) is 1. The van der Waals surface area contributed by atoms with Gasteiger partial charge in [0.25, 0.3) is 0 Å². The molecule has 0 aliphatic heterocycles. The molecule has 11 heavy (non-hydrogen) atoms. The molecule has 64 valence electrons. The van der Waals surface area contributed by atoms with E-state index in [-0.39, 0.29) is 6.10 Å².